The Balaban J connectivity index is 1.64. The van der Waals surface area contributed by atoms with Gasteiger partial charge in [-0.1, -0.05) is 12.1 Å². The fourth-order valence-corrected chi connectivity index (χ4v) is 3.23. The smallest absolute Gasteiger partial charge is 0.308 e. The minimum absolute atomic E-state index is 0.00407. The van der Waals surface area contributed by atoms with Crippen LogP contribution in [-0.4, -0.2) is 59.4 Å². The molecule has 1 aliphatic rings. The predicted molar refractivity (Wildman–Crippen MR) is 98.0 cm³/mol. The van der Waals surface area contributed by atoms with Crippen LogP contribution in [0.15, 0.2) is 40.8 Å². The Bertz CT molecular complexity index is 894. The molecule has 0 spiro atoms. The van der Waals surface area contributed by atoms with Gasteiger partial charge in [0.15, 0.2) is 5.76 Å². The molecule has 0 aliphatic carbocycles. The van der Waals surface area contributed by atoms with Crippen LogP contribution in [0.3, 0.4) is 0 Å². The van der Waals surface area contributed by atoms with Crippen LogP contribution in [0, 0.1) is 11.7 Å². The summed E-state index contributed by atoms with van der Waals surface area (Å²) in [5.74, 6) is -2.56. The molecular formula is C20H21FN2O5. The molecule has 0 saturated carbocycles. The van der Waals surface area contributed by atoms with Gasteiger partial charge in [-0.05, 0) is 37.1 Å². The summed E-state index contributed by atoms with van der Waals surface area (Å²) >= 11 is 0. The second-order valence-electron chi connectivity index (χ2n) is 6.82. The molecule has 7 nitrogen and oxygen atoms in total. The van der Waals surface area contributed by atoms with Gasteiger partial charge in [-0.25, -0.2) is 4.39 Å². The zero-order valence-electron chi connectivity index (χ0n) is 15.4. The summed E-state index contributed by atoms with van der Waals surface area (Å²) in [4.78, 5) is 38.8. The van der Waals surface area contributed by atoms with Crippen molar-refractivity contribution in [2.45, 2.75) is 12.8 Å². The number of aliphatic carboxylic acids is 1. The molecule has 1 fully saturated rings. The quantitative estimate of drug-likeness (QED) is 0.850. The number of likely N-dealkylation sites (N-methyl/N-ethyl adjacent to an activating group) is 1. The Morgan fingerprint density at radius 1 is 1.25 bits per heavy atom. The third kappa shape index (κ3) is 4.21. The Hall–Kier alpha value is -3.16. The molecule has 2 aromatic rings. The molecule has 1 aromatic heterocycles. The van der Waals surface area contributed by atoms with Crippen LogP contribution in [0.5, 0.6) is 0 Å². The summed E-state index contributed by atoms with van der Waals surface area (Å²) in [7, 11) is 1.46. The van der Waals surface area contributed by atoms with E-state index in [0.29, 0.717) is 19.4 Å². The summed E-state index contributed by atoms with van der Waals surface area (Å²) < 4.78 is 19.3. The zero-order chi connectivity index (χ0) is 20.3. The highest BCUT2D eigenvalue weighted by molar-refractivity contribution is 5.94. The van der Waals surface area contributed by atoms with E-state index in [9.17, 15) is 18.8 Å². The molecule has 8 heteroatoms. The molecule has 28 heavy (non-hydrogen) atoms. The highest BCUT2D eigenvalue weighted by atomic mass is 19.1. The lowest BCUT2D eigenvalue weighted by Crippen LogP contribution is -2.46. The van der Waals surface area contributed by atoms with E-state index < -0.39 is 23.6 Å². The lowest BCUT2D eigenvalue weighted by molar-refractivity contribution is -0.145. The summed E-state index contributed by atoms with van der Waals surface area (Å²) in [6.45, 7) is 0.429. The topological polar surface area (TPSA) is 91.1 Å². The fraction of sp³-hybridized carbons (Fsp3) is 0.350. The number of carbonyl (C=O) groups is 3. The van der Waals surface area contributed by atoms with E-state index in [0.717, 1.165) is 0 Å². The van der Waals surface area contributed by atoms with Crippen molar-refractivity contribution in [3.8, 4) is 11.3 Å². The molecule has 0 radical (unpaired) electrons. The summed E-state index contributed by atoms with van der Waals surface area (Å²) in [5.41, 5.74) is 0.244. The van der Waals surface area contributed by atoms with Gasteiger partial charge in [0.1, 0.15) is 11.6 Å². The highest BCUT2D eigenvalue weighted by Gasteiger charge is 2.29. The van der Waals surface area contributed by atoms with Crippen molar-refractivity contribution in [1.82, 2.24) is 9.80 Å². The van der Waals surface area contributed by atoms with Crippen LogP contribution >= 0.6 is 0 Å². The van der Waals surface area contributed by atoms with Crippen molar-refractivity contribution in [2.24, 2.45) is 5.92 Å². The molecule has 0 bridgehead atoms. The van der Waals surface area contributed by atoms with Gasteiger partial charge in [-0.15, -0.1) is 0 Å². The summed E-state index contributed by atoms with van der Waals surface area (Å²) in [6, 6.07) is 9.01. The van der Waals surface area contributed by atoms with Crippen LogP contribution < -0.4 is 0 Å². The number of benzene rings is 1. The van der Waals surface area contributed by atoms with Crippen molar-refractivity contribution in [2.75, 3.05) is 26.7 Å². The molecule has 3 rings (SSSR count). The maximum atomic E-state index is 13.9. The second-order valence-corrected chi connectivity index (χ2v) is 6.82. The Morgan fingerprint density at radius 2 is 2.00 bits per heavy atom. The SMILES string of the molecule is CN(CC(=O)N1CCCC(C(=O)O)C1)C(=O)c1ccc(-c2ccccc2F)o1. The first-order valence-corrected chi connectivity index (χ1v) is 8.97. The van der Waals surface area contributed by atoms with Gasteiger partial charge in [0.2, 0.25) is 5.91 Å². The molecule has 1 N–H and O–H groups in total. The van der Waals surface area contributed by atoms with Crippen LogP contribution in [0.1, 0.15) is 23.4 Å². The van der Waals surface area contributed by atoms with E-state index >= 15 is 0 Å². The predicted octanol–water partition coefficient (Wildman–Crippen LogP) is 2.48. The first-order valence-electron chi connectivity index (χ1n) is 8.97. The van der Waals surface area contributed by atoms with Gasteiger partial charge < -0.3 is 19.3 Å². The minimum Gasteiger partial charge on any atom is -0.481 e. The van der Waals surface area contributed by atoms with E-state index in [4.69, 9.17) is 9.52 Å². The number of carboxylic acids is 1. The van der Waals surface area contributed by atoms with E-state index in [2.05, 4.69) is 0 Å². The molecular weight excluding hydrogens is 367 g/mol. The van der Waals surface area contributed by atoms with Gasteiger partial charge in [-0.2, -0.15) is 0 Å². The average molecular weight is 388 g/mol. The van der Waals surface area contributed by atoms with Crippen molar-refractivity contribution in [3.63, 3.8) is 0 Å². The maximum absolute atomic E-state index is 13.9. The van der Waals surface area contributed by atoms with Gasteiger partial charge in [0.05, 0.1) is 18.0 Å². The minimum atomic E-state index is -0.918. The number of hydrogen-bond acceptors (Lipinski definition) is 4. The number of carboxylic acid groups (broad SMARTS) is 1. The molecule has 1 saturated heterocycles. The Kier molecular flexibility index (Phi) is 5.77. The van der Waals surface area contributed by atoms with E-state index in [1.165, 1.54) is 35.0 Å². The second kappa shape index (κ2) is 8.24. The molecule has 1 unspecified atom stereocenters. The fourth-order valence-electron chi connectivity index (χ4n) is 3.23. The number of hydrogen-bond donors (Lipinski definition) is 1. The number of furan rings is 1. The first kappa shape index (κ1) is 19.6. The maximum Gasteiger partial charge on any atom is 0.308 e. The summed E-state index contributed by atoms with van der Waals surface area (Å²) in [5, 5.41) is 9.13. The van der Waals surface area contributed by atoms with Gasteiger partial charge in [0, 0.05) is 20.1 Å². The normalized spacial score (nSPS) is 16.6. The Labute approximate surface area is 161 Å². The molecule has 2 heterocycles. The van der Waals surface area contributed by atoms with Crippen molar-refractivity contribution in [3.05, 3.63) is 48.0 Å². The zero-order valence-corrected chi connectivity index (χ0v) is 15.4. The monoisotopic (exact) mass is 388 g/mol. The number of nitrogens with zero attached hydrogens (tertiary/aromatic N) is 2. The number of amides is 2. The number of halogens is 1. The van der Waals surface area contributed by atoms with E-state index in [-0.39, 0.29) is 36.1 Å². The van der Waals surface area contributed by atoms with Crippen LogP contribution in [0.2, 0.25) is 0 Å². The third-order valence-corrected chi connectivity index (χ3v) is 4.80. The van der Waals surface area contributed by atoms with Gasteiger partial charge in [0.25, 0.3) is 5.91 Å². The first-order chi connectivity index (χ1) is 13.4. The molecule has 148 valence electrons. The van der Waals surface area contributed by atoms with Crippen molar-refractivity contribution in [1.29, 1.82) is 0 Å². The third-order valence-electron chi connectivity index (χ3n) is 4.80. The van der Waals surface area contributed by atoms with Crippen LogP contribution in [-0.2, 0) is 9.59 Å². The summed E-state index contributed by atoms with van der Waals surface area (Å²) in [6.07, 6.45) is 1.16. The molecule has 1 aromatic carbocycles. The van der Waals surface area contributed by atoms with Crippen LogP contribution in [0.4, 0.5) is 4.39 Å². The van der Waals surface area contributed by atoms with E-state index in [1.807, 2.05) is 0 Å². The number of likely N-dealkylation sites (tertiary alicyclic amines) is 1. The average Bonchev–Trinajstić information content (AvgIpc) is 3.17. The number of rotatable bonds is 5. The Morgan fingerprint density at radius 3 is 2.71 bits per heavy atom. The number of piperidine rings is 1. The van der Waals surface area contributed by atoms with E-state index in [1.54, 1.807) is 18.2 Å². The standard InChI is InChI=1S/C20H21FN2O5/c1-22(12-18(24)23-10-4-5-13(11-23)20(26)27)19(25)17-9-8-16(28-17)14-6-2-3-7-15(14)21/h2-3,6-9,13H,4-5,10-12H2,1H3,(H,26,27). The van der Waals surface area contributed by atoms with Crippen LogP contribution in [0.25, 0.3) is 11.3 Å². The number of carbonyl (C=O) groups excluding carboxylic acids is 2. The lowest BCUT2D eigenvalue weighted by Gasteiger charge is -2.31. The lowest BCUT2D eigenvalue weighted by atomic mass is 9.98. The van der Waals surface area contributed by atoms with Gasteiger partial charge in [-0.3, -0.25) is 14.4 Å². The van der Waals surface area contributed by atoms with Crippen molar-refractivity contribution >= 4 is 17.8 Å². The molecule has 1 atom stereocenters. The van der Waals surface area contributed by atoms with Gasteiger partial charge >= 0.3 is 5.97 Å². The molecule has 2 amide bonds. The largest absolute Gasteiger partial charge is 0.481 e. The van der Waals surface area contributed by atoms with Crippen molar-refractivity contribution < 1.29 is 28.3 Å². The highest BCUT2D eigenvalue weighted by Crippen LogP contribution is 2.25. The molecule has 1 aliphatic heterocycles.